The molecular formula is C21H21F2N3O2S. The molecule has 1 atom stereocenters. The van der Waals surface area contributed by atoms with Crippen LogP contribution < -0.4 is 15.0 Å². The second kappa shape index (κ2) is 8.16. The van der Waals surface area contributed by atoms with E-state index in [-0.39, 0.29) is 22.2 Å². The second-order valence-electron chi connectivity index (χ2n) is 6.75. The number of anilines is 1. The first-order valence-corrected chi connectivity index (χ1v) is 9.28. The molecule has 1 aliphatic heterocycles. The van der Waals surface area contributed by atoms with Crippen molar-refractivity contribution in [2.24, 2.45) is 0 Å². The predicted octanol–water partition coefficient (Wildman–Crippen LogP) is 3.77. The Morgan fingerprint density at radius 3 is 2.24 bits per heavy atom. The van der Waals surface area contributed by atoms with Gasteiger partial charge in [0, 0.05) is 25.5 Å². The number of likely N-dealkylation sites (N-methyl/N-ethyl adjacent to an activating group) is 1. The Labute approximate surface area is 173 Å². The van der Waals surface area contributed by atoms with Crippen molar-refractivity contribution in [2.75, 3.05) is 26.1 Å². The highest BCUT2D eigenvalue weighted by molar-refractivity contribution is 7.80. The molecule has 29 heavy (non-hydrogen) atoms. The van der Waals surface area contributed by atoms with Gasteiger partial charge in [-0.1, -0.05) is 6.07 Å². The van der Waals surface area contributed by atoms with Crippen LogP contribution in [0.25, 0.3) is 0 Å². The molecule has 0 saturated heterocycles. The molecule has 1 N–H and O–H groups in total. The van der Waals surface area contributed by atoms with E-state index in [1.165, 1.54) is 11.0 Å². The highest BCUT2D eigenvalue weighted by atomic mass is 32.1. The average molecular weight is 417 g/mol. The van der Waals surface area contributed by atoms with Crippen LogP contribution in [0, 0.1) is 11.6 Å². The van der Waals surface area contributed by atoms with Crippen LogP contribution in [-0.4, -0.2) is 37.1 Å². The van der Waals surface area contributed by atoms with Crippen LogP contribution in [0.3, 0.4) is 0 Å². The number of thiocarbonyl (C=S) groups is 1. The Morgan fingerprint density at radius 1 is 1.14 bits per heavy atom. The smallest absolute Gasteiger partial charge is 0.253 e. The van der Waals surface area contributed by atoms with Gasteiger partial charge in [0.1, 0.15) is 17.4 Å². The lowest BCUT2D eigenvalue weighted by atomic mass is 9.93. The Bertz CT molecular complexity index is 970. The number of hydrogen-bond acceptors (Lipinski definition) is 3. The zero-order valence-corrected chi connectivity index (χ0v) is 17.3. The van der Waals surface area contributed by atoms with Crippen LogP contribution in [-0.2, 0) is 4.79 Å². The molecule has 0 radical (unpaired) electrons. The summed E-state index contributed by atoms with van der Waals surface area (Å²) in [6.45, 7) is 1.71. The first kappa shape index (κ1) is 20.7. The van der Waals surface area contributed by atoms with Crippen LogP contribution in [0.4, 0.5) is 14.5 Å². The molecule has 0 aliphatic carbocycles. The number of benzene rings is 2. The molecule has 0 spiro atoms. The van der Waals surface area contributed by atoms with E-state index in [4.69, 9.17) is 17.0 Å². The first-order chi connectivity index (χ1) is 13.8. The van der Waals surface area contributed by atoms with Gasteiger partial charge in [0.05, 0.1) is 24.3 Å². The summed E-state index contributed by atoms with van der Waals surface area (Å²) < 4.78 is 34.2. The summed E-state index contributed by atoms with van der Waals surface area (Å²) in [5.74, 6) is -1.20. The molecule has 1 heterocycles. The van der Waals surface area contributed by atoms with Gasteiger partial charge in [-0.05, 0) is 55.5 Å². The molecule has 1 amide bonds. The molecule has 5 nitrogen and oxygen atoms in total. The highest BCUT2D eigenvalue weighted by Gasteiger charge is 2.37. The lowest BCUT2D eigenvalue weighted by Crippen LogP contribution is -2.49. The zero-order valence-electron chi connectivity index (χ0n) is 16.5. The van der Waals surface area contributed by atoms with Crippen molar-refractivity contribution >= 4 is 28.9 Å². The molecule has 0 bridgehead atoms. The average Bonchev–Trinajstić information content (AvgIpc) is 2.68. The van der Waals surface area contributed by atoms with E-state index in [1.807, 2.05) is 0 Å². The van der Waals surface area contributed by atoms with E-state index in [2.05, 4.69) is 5.32 Å². The number of amides is 1. The predicted molar refractivity (Wildman–Crippen MR) is 112 cm³/mol. The Balaban J connectivity index is 2.19. The zero-order chi connectivity index (χ0) is 21.3. The third kappa shape index (κ3) is 3.80. The van der Waals surface area contributed by atoms with Gasteiger partial charge in [0.15, 0.2) is 5.11 Å². The monoisotopic (exact) mass is 417 g/mol. The maximum absolute atomic E-state index is 14.5. The van der Waals surface area contributed by atoms with Gasteiger partial charge in [0.2, 0.25) is 0 Å². The van der Waals surface area contributed by atoms with E-state index in [9.17, 15) is 13.6 Å². The maximum Gasteiger partial charge on any atom is 0.253 e. The summed E-state index contributed by atoms with van der Waals surface area (Å²) in [5, 5.41) is 3.18. The number of ether oxygens (including phenoxy) is 1. The summed E-state index contributed by atoms with van der Waals surface area (Å²) in [4.78, 5) is 16.0. The fourth-order valence-electron chi connectivity index (χ4n) is 3.31. The minimum Gasteiger partial charge on any atom is -0.497 e. The Kier molecular flexibility index (Phi) is 5.83. The topological polar surface area (TPSA) is 44.8 Å². The highest BCUT2D eigenvalue weighted by Crippen LogP contribution is 2.36. The van der Waals surface area contributed by atoms with E-state index in [1.54, 1.807) is 57.3 Å². The second-order valence-corrected chi connectivity index (χ2v) is 7.14. The molecule has 0 aromatic heterocycles. The summed E-state index contributed by atoms with van der Waals surface area (Å²) in [6.07, 6.45) is 0. The summed E-state index contributed by atoms with van der Waals surface area (Å²) in [6, 6.07) is 9.66. The molecule has 0 saturated carbocycles. The normalized spacial score (nSPS) is 16.6. The molecule has 0 fully saturated rings. The number of nitrogens with one attached hydrogen (secondary N) is 1. The van der Waals surface area contributed by atoms with Gasteiger partial charge in [-0.3, -0.25) is 9.69 Å². The van der Waals surface area contributed by atoms with Crippen molar-refractivity contribution in [1.29, 1.82) is 0 Å². The van der Waals surface area contributed by atoms with Crippen LogP contribution in [0.2, 0.25) is 0 Å². The Hall–Kier alpha value is -3.00. The van der Waals surface area contributed by atoms with Crippen molar-refractivity contribution in [3.05, 3.63) is 70.9 Å². The van der Waals surface area contributed by atoms with E-state index < -0.39 is 17.7 Å². The number of carbonyl (C=O) groups is 1. The van der Waals surface area contributed by atoms with Crippen molar-refractivity contribution in [3.63, 3.8) is 0 Å². The van der Waals surface area contributed by atoms with E-state index in [0.717, 1.165) is 12.1 Å². The van der Waals surface area contributed by atoms with Gasteiger partial charge < -0.3 is 15.0 Å². The van der Waals surface area contributed by atoms with Gasteiger partial charge in [-0.25, -0.2) is 8.78 Å². The fourth-order valence-corrected chi connectivity index (χ4v) is 3.67. The van der Waals surface area contributed by atoms with Crippen molar-refractivity contribution in [1.82, 2.24) is 10.2 Å². The van der Waals surface area contributed by atoms with Crippen LogP contribution >= 0.6 is 12.2 Å². The van der Waals surface area contributed by atoms with Gasteiger partial charge in [-0.15, -0.1) is 0 Å². The van der Waals surface area contributed by atoms with Crippen LogP contribution in [0.5, 0.6) is 5.75 Å². The van der Waals surface area contributed by atoms with Crippen molar-refractivity contribution in [3.8, 4) is 5.75 Å². The molecular weight excluding hydrogens is 396 g/mol. The number of carbonyl (C=O) groups excluding carboxylic acids is 1. The standard InChI is InChI=1S/C21H21F2N3O2S/c1-12-17(20(27)25(2)3)19(18-15(22)6-5-7-16(18)23)24-21(29)26(12)13-8-10-14(28-4)11-9-13/h5-11,19H,1-4H3,(H,24,29)/t19-/m1/s1. The number of nitrogens with zero attached hydrogens (tertiary/aromatic N) is 2. The third-order valence-corrected chi connectivity index (χ3v) is 5.04. The number of methoxy groups -OCH3 is 1. The molecule has 8 heteroatoms. The lowest BCUT2D eigenvalue weighted by molar-refractivity contribution is -0.125. The third-order valence-electron chi connectivity index (χ3n) is 4.74. The fraction of sp³-hybridized carbons (Fsp3) is 0.238. The molecule has 2 aromatic rings. The minimum atomic E-state index is -1.05. The van der Waals surface area contributed by atoms with Crippen molar-refractivity contribution < 1.29 is 18.3 Å². The largest absolute Gasteiger partial charge is 0.497 e. The number of allylic oxidation sites excluding steroid dienone is 1. The molecule has 1 aliphatic rings. The van der Waals surface area contributed by atoms with Crippen LogP contribution in [0.1, 0.15) is 18.5 Å². The van der Waals surface area contributed by atoms with Gasteiger partial charge >= 0.3 is 0 Å². The number of rotatable bonds is 4. The molecule has 152 valence electrons. The molecule has 3 rings (SSSR count). The summed E-state index contributed by atoms with van der Waals surface area (Å²) >= 11 is 5.50. The van der Waals surface area contributed by atoms with Gasteiger partial charge in [0.25, 0.3) is 5.91 Å². The number of halogens is 2. The number of hydrogen-bond donors (Lipinski definition) is 1. The van der Waals surface area contributed by atoms with Crippen molar-refractivity contribution in [2.45, 2.75) is 13.0 Å². The first-order valence-electron chi connectivity index (χ1n) is 8.87. The van der Waals surface area contributed by atoms with E-state index in [0.29, 0.717) is 17.1 Å². The lowest BCUT2D eigenvalue weighted by Gasteiger charge is -2.38. The SMILES string of the molecule is COc1ccc(N2C(=S)N[C@@H](c3c(F)cccc3F)C(C(=O)N(C)C)=C2C)cc1. The quantitative estimate of drug-likeness (QED) is 0.768. The maximum atomic E-state index is 14.5. The summed E-state index contributed by atoms with van der Waals surface area (Å²) in [5.41, 5.74) is 1.15. The van der Waals surface area contributed by atoms with E-state index >= 15 is 0 Å². The van der Waals surface area contributed by atoms with Crippen LogP contribution in [0.15, 0.2) is 53.7 Å². The minimum absolute atomic E-state index is 0.211. The van der Waals surface area contributed by atoms with Gasteiger partial charge in [-0.2, -0.15) is 0 Å². The Morgan fingerprint density at radius 2 is 1.72 bits per heavy atom. The molecule has 0 unspecified atom stereocenters. The summed E-state index contributed by atoms with van der Waals surface area (Å²) in [7, 11) is 4.73. The molecule has 2 aromatic carbocycles.